The number of rotatable bonds is 8. The first-order valence-electron chi connectivity index (χ1n) is 5.59. The van der Waals surface area contributed by atoms with Gasteiger partial charge in [-0.1, -0.05) is 0 Å². The van der Waals surface area contributed by atoms with Crippen LogP contribution in [0.25, 0.3) is 0 Å². The number of nitrogens with one attached hydrogen (secondary N) is 1. The van der Waals surface area contributed by atoms with Gasteiger partial charge in [0.25, 0.3) is 0 Å². The van der Waals surface area contributed by atoms with Gasteiger partial charge in [0, 0.05) is 33.3 Å². The van der Waals surface area contributed by atoms with Crippen molar-refractivity contribution in [2.24, 2.45) is 5.41 Å². The van der Waals surface area contributed by atoms with Gasteiger partial charge in [-0.15, -0.1) is 0 Å². The first kappa shape index (κ1) is 12.5. The molecule has 0 bridgehead atoms. The number of hydrogen-bond acceptors (Lipinski definition) is 3. The fourth-order valence-corrected chi connectivity index (χ4v) is 1.62. The van der Waals surface area contributed by atoms with Crippen molar-refractivity contribution in [1.82, 2.24) is 5.32 Å². The lowest BCUT2D eigenvalue weighted by molar-refractivity contribution is -0.121. The second-order valence-corrected chi connectivity index (χ2v) is 4.35. The highest BCUT2D eigenvalue weighted by Gasteiger charge is 2.41. The summed E-state index contributed by atoms with van der Waals surface area (Å²) in [6.07, 6.45) is 4.39. The molecule has 0 spiro atoms. The van der Waals surface area contributed by atoms with Crippen molar-refractivity contribution < 1.29 is 14.6 Å². The van der Waals surface area contributed by atoms with Gasteiger partial charge in [-0.2, -0.15) is 0 Å². The van der Waals surface area contributed by atoms with E-state index in [2.05, 4.69) is 5.32 Å². The molecule has 88 valence electrons. The number of carbonyl (C=O) groups is 1. The van der Waals surface area contributed by atoms with E-state index in [0.29, 0.717) is 18.3 Å². The van der Waals surface area contributed by atoms with Crippen molar-refractivity contribution in [3.05, 3.63) is 0 Å². The molecule has 0 aliphatic heterocycles. The van der Waals surface area contributed by atoms with Gasteiger partial charge in [0.05, 0.1) is 0 Å². The summed E-state index contributed by atoms with van der Waals surface area (Å²) in [6, 6.07) is 0. The third-order valence-electron chi connectivity index (χ3n) is 3.02. The highest BCUT2D eigenvalue weighted by molar-refractivity contribution is 5.75. The summed E-state index contributed by atoms with van der Waals surface area (Å²) in [5.74, 6) is 0.0488. The normalized spacial score (nSPS) is 17.5. The smallest absolute Gasteiger partial charge is 0.220 e. The van der Waals surface area contributed by atoms with Crippen LogP contribution in [0.2, 0.25) is 0 Å². The summed E-state index contributed by atoms with van der Waals surface area (Å²) in [7, 11) is 1.70. The minimum atomic E-state index is 0.0488. The first-order chi connectivity index (χ1) is 7.22. The summed E-state index contributed by atoms with van der Waals surface area (Å²) in [5, 5.41) is 11.5. The van der Waals surface area contributed by atoms with E-state index in [1.54, 1.807) is 7.11 Å². The molecule has 15 heavy (non-hydrogen) atoms. The minimum Gasteiger partial charge on any atom is -0.396 e. The van der Waals surface area contributed by atoms with E-state index >= 15 is 0 Å². The Kier molecular flexibility index (Phi) is 5.05. The molecule has 0 atom stereocenters. The zero-order valence-corrected chi connectivity index (χ0v) is 9.42. The van der Waals surface area contributed by atoms with Gasteiger partial charge in [-0.25, -0.2) is 0 Å². The van der Waals surface area contributed by atoms with Crippen LogP contribution in [0.15, 0.2) is 0 Å². The van der Waals surface area contributed by atoms with Crippen LogP contribution in [0.5, 0.6) is 0 Å². The average Bonchev–Trinajstić information content (AvgIpc) is 3.01. The Balaban J connectivity index is 2.10. The molecule has 1 aliphatic carbocycles. The number of carbonyl (C=O) groups excluding carboxylic acids is 1. The van der Waals surface area contributed by atoms with Gasteiger partial charge in [0.2, 0.25) is 5.91 Å². The monoisotopic (exact) mass is 215 g/mol. The molecule has 0 saturated heterocycles. The first-order valence-corrected chi connectivity index (χ1v) is 5.59. The van der Waals surface area contributed by atoms with E-state index in [1.165, 1.54) is 12.8 Å². The van der Waals surface area contributed by atoms with Gasteiger partial charge < -0.3 is 15.2 Å². The van der Waals surface area contributed by atoms with Crippen LogP contribution in [0.4, 0.5) is 0 Å². The molecular formula is C11H21NO3. The maximum absolute atomic E-state index is 11.3. The van der Waals surface area contributed by atoms with E-state index < -0.39 is 0 Å². The van der Waals surface area contributed by atoms with Crippen LogP contribution in [0, 0.1) is 5.41 Å². The third kappa shape index (κ3) is 4.62. The lowest BCUT2D eigenvalue weighted by Gasteiger charge is -2.15. The Morgan fingerprint density at radius 2 is 2.27 bits per heavy atom. The maximum Gasteiger partial charge on any atom is 0.220 e. The molecule has 0 aromatic rings. The molecule has 1 amide bonds. The van der Waals surface area contributed by atoms with Crippen LogP contribution < -0.4 is 5.32 Å². The zero-order valence-electron chi connectivity index (χ0n) is 9.42. The lowest BCUT2D eigenvalue weighted by Crippen LogP contribution is -2.30. The molecule has 4 nitrogen and oxygen atoms in total. The second-order valence-electron chi connectivity index (χ2n) is 4.35. The van der Waals surface area contributed by atoms with Gasteiger partial charge in [0.1, 0.15) is 0 Å². The van der Waals surface area contributed by atoms with Crippen LogP contribution in [-0.2, 0) is 9.53 Å². The fourth-order valence-electron chi connectivity index (χ4n) is 1.62. The Bertz CT molecular complexity index is 202. The van der Waals surface area contributed by atoms with Crippen LogP contribution in [0.3, 0.4) is 0 Å². The standard InChI is InChI=1S/C11H21NO3/c1-15-8-6-11(4-5-11)9-12-10(14)3-2-7-13/h13H,2-9H2,1H3,(H,12,14). The molecular weight excluding hydrogens is 194 g/mol. The van der Waals surface area contributed by atoms with Crippen molar-refractivity contribution in [3.63, 3.8) is 0 Å². The number of aliphatic hydroxyl groups excluding tert-OH is 1. The van der Waals surface area contributed by atoms with Crippen molar-refractivity contribution in [2.45, 2.75) is 32.1 Å². The van der Waals surface area contributed by atoms with Gasteiger partial charge in [-0.3, -0.25) is 4.79 Å². The minimum absolute atomic E-state index is 0.0488. The fraction of sp³-hybridized carbons (Fsp3) is 0.909. The van der Waals surface area contributed by atoms with Gasteiger partial charge in [0.15, 0.2) is 0 Å². The summed E-state index contributed by atoms with van der Waals surface area (Å²) in [4.78, 5) is 11.3. The quantitative estimate of drug-likeness (QED) is 0.626. The largest absolute Gasteiger partial charge is 0.396 e. The van der Waals surface area contributed by atoms with E-state index in [9.17, 15) is 4.79 Å². The van der Waals surface area contributed by atoms with Gasteiger partial charge in [-0.05, 0) is 31.1 Å². The maximum atomic E-state index is 11.3. The van der Waals surface area contributed by atoms with Crippen molar-refractivity contribution in [1.29, 1.82) is 0 Å². The van der Waals surface area contributed by atoms with E-state index in [4.69, 9.17) is 9.84 Å². The van der Waals surface area contributed by atoms with Gasteiger partial charge >= 0.3 is 0 Å². The molecule has 0 unspecified atom stereocenters. The van der Waals surface area contributed by atoms with Crippen molar-refractivity contribution in [2.75, 3.05) is 26.9 Å². The molecule has 1 saturated carbocycles. The molecule has 4 heteroatoms. The Morgan fingerprint density at radius 3 is 2.80 bits per heavy atom. The van der Waals surface area contributed by atoms with Crippen LogP contribution in [0.1, 0.15) is 32.1 Å². The highest BCUT2D eigenvalue weighted by atomic mass is 16.5. The number of methoxy groups -OCH3 is 1. The van der Waals surface area contributed by atoms with E-state index in [1.807, 2.05) is 0 Å². The van der Waals surface area contributed by atoms with Crippen LogP contribution in [-0.4, -0.2) is 37.9 Å². The molecule has 0 aromatic heterocycles. The van der Waals surface area contributed by atoms with E-state index in [-0.39, 0.29) is 12.5 Å². The molecule has 2 N–H and O–H groups in total. The molecule has 1 aliphatic rings. The number of ether oxygens (including phenoxy) is 1. The predicted molar refractivity (Wildman–Crippen MR) is 57.5 cm³/mol. The zero-order chi connectivity index (χ0) is 11.1. The Hall–Kier alpha value is -0.610. The Morgan fingerprint density at radius 1 is 1.53 bits per heavy atom. The number of aliphatic hydroxyl groups is 1. The van der Waals surface area contributed by atoms with E-state index in [0.717, 1.165) is 19.6 Å². The predicted octanol–water partition coefficient (Wildman–Crippen LogP) is 0.692. The summed E-state index contributed by atoms with van der Waals surface area (Å²) in [6.45, 7) is 1.62. The highest BCUT2D eigenvalue weighted by Crippen LogP contribution is 2.48. The third-order valence-corrected chi connectivity index (χ3v) is 3.02. The topological polar surface area (TPSA) is 58.6 Å². The lowest BCUT2D eigenvalue weighted by atomic mass is 10.0. The molecule has 1 rings (SSSR count). The summed E-state index contributed by atoms with van der Waals surface area (Å²) >= 11 is 0. The second kappa shape index (κ2) is 6.08. The molecule has 1 fully saturated rings. The summed E-state index contributed by atoms with van der Waals surface area (Å²) < 4.78 is 5.04. The molecule has 0 radical (unpaired) electrons. The average molecular weight is 215 g/mol. The molecule has 0 heterocycles. The summed E-state index contributed by atoms with van der Waals surface area (Å²) in [5.41, 5.74) is 0.310. The number of hydrogen-bond donors (Lipinski definition) is 2. The van der Waals surface area contributed by atoms with Crippen molar-refractivity contribution >= 4 is 5.91 Å². The van der Waals surface area contributed by atoms with Crippen molar-refractivity contribution in [3.8, 4) is 0 Å². The SMILES string of the molecule is COCCC1(CNC(=O)CCCO)CC1. The number of amides is 1. The molecule has 0 aromatic carbocycles. The Labute approximate surface area is 91.0 Å². The van der Waals surface area contributed by atoms with Crippen LogP contribution >= 0.6 is 0 Å².